The largest absolute Gasteiger partial charge is 0.326 e. The fraction of sp³-hybridized carbons (Fsp3) is 0.158. The fourth-order valence-corrected chi connectivity index (χ4v) is 3.80. The van der Waals surface area contributed by atoms with Crippen LogP contribution in [0, 0.1) is 6.92 Å². The smallest absolute Gasteiger partial charge is 0.224 e. The third-order valence-electron chi connectivity index (χ3n) is 4.18. The van der Waals surface area contributed by atoms with Crippen LogP contribution in [0.5, 0.6) is 0 Å². The van der Waals surface area contributed by atoms with Crippen LogP contribution in [-0.2, 0) is 11.2 Å². The first kappa shape index (κ1) is 14.2. The molecule has 4 rings (SSSR count). The van der Waals surface area contributed by atoms with E-state index in [0.29, 0.717) is 6.42 Å². The van der Waals surface area contributed by atoms with Gasteiger partial charge in [0, 0.05) is 28.6 Å². The molecule has 1 amide bonds. The van der Waals surface area contributed by atoms with E-state index in [0.717, 1.165) is 28.4 Å². The normalized spacial score (nSPS) is 13.5. The van der Waals surface area contributed by atoms with Crippen LogP contribution in [-0.4, -0.2) is 10.9 Å². The summed E-state index contributed by atoms with van der Waals surface area (Å²) in [6.07, 6.45) is 1.35. The van der Waals surface area contributed by atoms with Gasteiger partial charge in [0.2, 0.25) is 5.91 Å². The topological polar surface area (TPSA) is 42.0 Å². The number of hydrogen-bond acceptors (Lipinski definition) is 3. The number of thiazole rings is 1. The summed E-state index contributed by atoms with van der Waals surface area (Å²) >= 11 is 1.67. The second kappa shape index (κ2) is 5.63. The number of rotatable bonds is 2. The molecule has 1 aromatic heterocycles. The quantitative estimate of drug-likeness (QED) is 0.745. The van der Waals surface area contributed by atoms with Crippen molar-refractivity contribution in [3.63, 3.8) is 0 Å². The number of hydrogen-bond donors (Lipinski definition) is 1. The van der Waals surface area contributed by atoms with Gasteiger partial charge in [0.05, 0.1) is 5.69 Å². The SMILES string of the molecule is Cc1ccccc1-c1nc(-c2ccc3c(c2)CCC(=O)N3)cs1. The van der Waals surface area contributed by atoms with Gasteiger partial charge in [-0.3, -0.25) is 4.79 Å². The van der Waals surface area contributed by atoms with E-state index in [-0.39, 0.29) is 5.91 Å². The zero-order valence-corrected chi connectivity index (χ0v) is 13.6. The van der Waals surface area contributed by atoms with Crippen molar-refractivity contribution in [2.24, 2.45) is 0 Å². The van der Waals surface area contributed by atoms with E-state index >= 15 is 0 Å². The number of anilines is 1. The number of aromatic nitrogens is 1. The van der Waals surface area contributed by atoms with Gasteiger partial charge in [-0.25, -0.2) is 4.98 Å². The van der Waals surface area contributed by atoms with Crippen molar-refractivity contribution >= 4 is 22.9 Å². The van der Waals surface area contributed by atoms with Crippen molar-refractivity contribution in [1.82, 2.24) is 4.98 Å². The molecule has 2 heterocycles. The number of fused-ring (bicyclic) bond motifs is 1. The molecule has 2 aromatic carbocycles. The molecule has 4 heteroatoms. The molecular formula is C19H16N2OS. The number of nitrogens with zero attached hydrogens (tertiary/aromatic N) is 1. The van der Waals surface area contributed by atoms with Crippen molar-refractivity contribution < 1.29 is 4.79 Å². The second-order valence-electron chi connectivity index (χ2n) is 5.77. The molecule has 0 saturated carbocycles. The maximum Gasteiger partial charge on any atom is 0.224 e. The molecule has 3 aromatic rings. The Kier molecular flexibility index (Phi) is 3.46. The van der Waals surface area contributed by atoms with Crippen LogP contribution < -0.4 is 5.32 Å². The first-order valence-electron chi connectivity index (χ1n) is 7.65. The molecule has 0 radical (unpaired) electrons. The fourth-order valence-electron chi connectivity index (χ4n) is 2.89. The van der Waals surface area contributed by atoms with Crippen LogP contribution in [0.15, 0.2) is 47.8 Å². The molecule has 114 valence electrons. The number of amides is 1. The van der Waals surface area contributed by atoms with Crippen molar-refractivity contribution in [1.29, 1.82) is 0 Å². The van der Waals surface area contributed by atoms with E-state index in [2.05, 4.69) is 35.8 Å². The molecule has 1 aliphatic rings. The summed E-state index contributed by atoms with van der Waals surface area (Å²) in [5, 5.41) is 6.07. The molecule has 0 spiro atoms. The van der Waals surface area contributed by atoms with Crippen molar-refractivity contribution in [2.45, 2.75) is 19.8 Å². The highest BCUT2D eigenvalue weighted by molar-refractivity contribution is 7.13. The molecule has 0 saturated heterocycles. The zero-order valence-electron chi connectivity index (χ0n) is 12.8. The highest BCUT2D eigenvalue weighted by Crippen LogP contribution is 2.33. The van der Waals surface area contributed by atoms with Gasteiger partial charge in [-0.2, -0.15) is 0 Å². The summed E-state index contributed by atoms with van der Waals surface area (Å²) < 4.78 is 0. The van der Waals surface area contributed by atoms with Gasteiger partial charge in [-0.05, 0) is 36.6 Å². The lowest BCUT2D eigenvalue weighted by Crippen LogP contribution is -2.18. The Labute approximate surface area is 139 Å². The molecule has 0 aliphatic carbocycles. The van der Waals surface area contributed by atoms with Gasteiger partial charge >= 0.3 is 0 Å². The highest BCUT2D eigenvalue weighted by Gasteiger charge is 2.16. The van der Waals surface area contributed by atoms with Gasteiger partial charge < -0.3 is 5.32 Å². The summed E-state index contributed by atoms with van der Waals surface area (Å²) in [4.78, 5) is 16.3. The average Bonchev–Trinajstić information content (AvgIpc) is 3.04. The predicted octanol–water partition coefficient (Wildman–Crippen LogP) is 4.67. The molecule has 0 unspecified atom stereocenters. The van der Waals surface area contributed by atoms with E-state index in [4.69, 9.17) is 4.98 Å². The first-order chi connectivity index (χ1) is 11.2. The Morgan fingerprint density at radius 1 is 1.13 bits per heavy atom. The maximum atomic E-state index is 11.5. The molecule has 1 N–H and O–H groups in total. The van der Waals surface area contributed by atoms with Crippen LogP contribution in [0.3, 0.4) is 0 Å². The van der Waals surface area contributed by atoms with E-state index in [1.54, 1.807) is 11.3 Å². The first-order valence-corrected chi connectivity index (χ1v) is 8.53. The highest BCUT2D eigenvalue weighted by atomic mass is 32.1. The van der Waals surface area contributed by atoms with Crippen molar-refractivity contribution in [3.05, 3.63) is 59.0 Å². The van der Waals surface area contributed by atoms with Gasteiger partial charge in [0.15, 0.2) is 0 Å². The van der Waals surface area contributed by atoms with E-state index < -0.39 is 0 Å². The summed E-state index contributed by atoms with van der Waals surface area (Å²) in [7, 11) is 0. The average molecular weight is 320 g/mol. The van der Waals surface area contributed by atoms with Crippen LogP contribution in [0.2, 0.25) is 0 Å². The Morgan fingerprint density at radius 2 is 2.00 bits per heavy atom. The van der Waals surface area contributed by atoms with Gasteiger partial charge in [0.1, 0.15) is 5.01 Å². The van der Waals surface area contributed by atoms with Crippen LogP contribution >= 0.6 is 11.3 Å². The summed E-state index contributed by atoms with van der Waals surface area (Å²) in [5.74, 6) is 0.0979. The third-order valence-corrected chi connectivity index (χ3v) is 5.05. The number of aryl methyl sites for hydroxylation is 2. The minimum atomic E-state index is 0.0979. The Morgan fingerprint density at radius 3 is 2.87 bits per heavy atom. The van der Waals surface area contributed by atoms with Gasteiger partial charge in [0.25, 0.3) is 0 Å². The predicted molar refractivity (Wildman–Crippen MR) is 94.7 cm³/mol. The number of carbonyl (C=O) groups is 1. The minimum absolute atomic E-state index is 0.0979. The van der Waals surface area contributed by atoms with E-state index in [1.807, 2.05) is 24.3 Å². The summed E-state index contributed by atoms with van der Waals surface area (Å²) in [5.41, 5.74) is 6.64. The number of benzene rings is 2. The zero-order chi connectivity index (χ0) is 15.8. The van der Waals surface area contributed by atoms with E-state index in [9.17, 15) is 4.79 Å². The molecule has 0 atom stereocenters. The molecule has 3 nitrogen and oxygen atoms in total. The van der Waals surface area contributed by atoms with Crippen LogP contribution in [0.25, 0.3) is 21.8 Å². The third kappa shape index (κ3) is 2.66. The summed E-state index contributed by atoms with van der Waals surface area (Å²) in [6, 6.07) is 14.5. The minimum Gasteiger partial charge on any atom is -0.326 e. The summed E-state index contributed by atoms with van der Waals surface area (Å²) in [6.45, 7) is 2.11. The molecule has 23 heavy (non-hydrogen) atoms. The lowest BCUT2D eigenvalue weighted by molar-refractivity contribution is -0.116. The van der Waals surface area contributed by atoms with Gasteiger partial charge in [-0.15, -0.1) is 11.3 Å². The van der Waals surface area contributed by atoms with Gasteiger partial charge in [-0.1, -0.05) is 30.3 Å². The van der Waals surface area contributed by atoms with Crippen LogP contribution in [0.4, 0.5) is 5.69 Å². The maximum absolute atomic E-state index is 11.5. The number of nitrogens with one attached hydrogen (secondary N) is 1. The Bertz CT molecular complexity index is 898. The molecule has 0 bridgehead atoms. The molecule has 0 fully saturated rings. The second-order valence-corrected chi connectivity index (χ2v) is 6.63. The van der Waals surface area contributed by atoms with Crippen LogP contribution in [0.1, 0.15) is 17.5 Å². The Hall–Kier alpha value is -2.46. The lowest BCUT2D eigenvalue weighted by atomic mass is 9.99. The van der Waals surface area contributed by atoms with Crippen molar-refractivity contribution in [2.75, 3.05) is 5.32 Å². The van der Waals surface area contributed by atoms with Crippen molar-refractivity contribution in [3.8, 4) is 21.8 Å². The molecule has 1 aliphatic heterocycles. The number of carbonyl (C=O) groups excluding carboxylic acids is 1. The monoisotopic (exact) mass is 320 g/mol. The lowest BCUT2D eigenvalue weighted by Gasteiger charge is -2.17. The standard InChI is InChI=1S/C19H16N2OS/c1-12-4-2-3-5-15(12)19-21-17(11-23-19)14-6-8-16-13(10-14)7-9-18(22)20-16/h2-6,8,10-11H,7,9H2,1H3,(H,20,22). The molecular weight excluding hydrogens is 304 g/mol. The van der Waals surface area contributed by atoms with E-state index in [1.165, 1.54) is 16.7 Å². The Balaban J connectivity index is 1.70.